The number of benzene rings is 2. The SMILES string of the molecule is CCCc1cc(-c2nccc(C#Cc3ccc4[nH]ncc4c3)n2)nc(N2CC(c3ccccc3)C2)n1. The Morgan fingerprint density at radius 1 is 0.972 bits per heavy atom. The van der Waals surface area contributed by atoms with Gasteiger partial charge in [0, 0.05) is 41.8 Å². The topological polar surface area (TPSA) is 83.5 Å². The lowest BCUT2D eigenvalue weighted by molar-refractivity contribution is 0.513. The van der Waals surface area contributed by atoms with Crippen molar-refractivity contribution in [3.05, 3.63) is 95.6 Å². The van der Waals surface area contributed by atoms with E-state index in [1.165, 1.54) is 5.56 Å². The van der Waals surface area contributed by atoms with Crippen LogP contribution in [0.1, 0.15) is 41.8 Å². The van der Waals surface area contributed by atoms with Gasteiger partial charge in [0.25, 0.3) is 0 Å². The molecule has 1 saturated heterocycles. The third-order valence-electron chi connectivity index (χ3n) is 6.37. The summed E-state index contributed by atoms with van der Waals surface area (Å²) in [6.45, 7) is 3.98. The standard InChI is InChI=1S/C29H25N7/c1-2-6-25-16-27(34-29(33-25)36-18-23(19-36)21-7-4-3-5-8-21)28-30-14-13-24(32-28)11-9-20-10-12-26-22(15-20)17-31-35-26/h3-5,7-8,10,12-17,23H,2,6,18-19H2,1H3,(H,31,35). The van der Waals surface area contributed by atoms with E-state index in [1.54, 1.807) is 12.4 Å². The molecular formula is C29H25N7. The molecular weight excluding hydrogens is 446 g/mol. The number of aromatic nitrogens is 6. The van der Waals surface area contributed by atoms with Crippen molar-refractivity contribution in [2.75, 3.05) is 18.0 Å². The predicted molar refractivity (Wildman–Crippen MR) is 141 cm³/mol. The molecule has 1 fully saturated rings. The second-order valence-corrected chi connectivity index (χ2v) is 8.99. The molecule has 0 atom stereocenters. The minimum atomic E-state index is 0.504. The van der Waals surface area contributed by atoms with E-state index < -0.39 is 0 Å². The van der Waals surface area contributed by atoms with Crippen LogP contribution in [0.4, 0.5) is 5.95 Å². The van der Waals surface area contributed by atoms with Crippen molar-refractivity contribution in [3.8, 4) is 23.4 Å². The van der Waals surface area contributed by atoms with Gasteiger partial charge in [-0.05, 0) is 48.2 Å². The Kier molecular flexibility index (Phi) is 5.84. The molecule has 1 aliphatic rings. The van der Waals surface area contributed by atoms with Crippen LogP contribution in [-0.4, -0.2) is 43.2 Å². The van der Waals surface area contributed by atoms with Crippen LogP contribution in [0.5, 0.6) is 0 Å². The quantitative estimate of drug-likeness (QED) is 0.372. The number of aryl methyl sites for hydroxylation is 1. The van der Waals surface area contributed by atoms with Gasteiger partial charge < -0.3 is 4.90 Å². The molecule has 4 heterocycles. The van der Waals surface area contributed by atoms with Crippen LogP contribution in [-0.2, 0) is 6.42 Å². The fourth-order valence-electron chi connectivity index (χ4n) is 4.41. The Bertz CT molecular complexity index is 1570. The lowest BCUT2D eigenvalue weighted by Gasteiger charge is -2.39. The molecule has 0 amide bonds. The Morgan fingerprint density at radius 2 is 1.86 bits per heavy atom. The molecule has 176 valence electrons. The first kappa shape index (κ1) is 21.9. The maximum absolute atomic E-state index is 4.85. The summed E-state index contributed by atoms with van der Waals surface area (Å²) in [5.41, 5.74) is 5.65. The van der Waals surface area contributed by atoms with Crippen molar-refractivity contribution < 1.29 is 0 Å². The maximum atomic E-state index is 4.85. The Morgan fingerprint density at radius 3 is 2.72 bits per heavy atom. The summed E-state index contributed by atoms with van der Waals surface area (Å²) in [5.74, 6) is 8.18. The van der Waals surface area contributed by atoms with Gasteiger partial charge in [0.1, 0.15) is 11.4 Å². The van der Waals surface area contributed by atoms with Crippen LogP contribution in [0.15, 0.2) is 73.1 Å². The number of anilines is 1. The number of nitrogens with one attached hydrogen (secondary N) is 1. The fourth-order valence-corrected chi connectivity index (χ4v) is 4.41. The van der Waals surface area contributed by atoms with E-state index in [9.17, 15) is 0 Å². The van der Waals surface area contributed by atoms with Gasteiger partial charge in [0.05, 0.1) is 11.7 Å². The molecule has 7 nitrogen and oxygen atoms in total. The Hall–Kier alpha value is -4.57. The van der Waals surface area contributed by atoms with Crippen molar-refractivity contribution in [1.29, 1.82) is 0 Å². The average molecular weight is 472 g/mol. The van der Waals surface area contributed by atoms with Crippen molar-refractivity contribution in [2.45, 2.75) is 25.7 Å². The number of nitrogens with zero attached hydrogens (tertiary/aromatic N) is 6. The largest absolute Gasteiger partial charge is 0.339 e. The molecule has 0 saturated carbocycles. The zero-order valence-electron chi connectivity index (χ0n) is 20.0. The fraction of sp³-hybridized carbons (Fsp3) is 0.207. The molecule has 0 unspecified atom stereocenters. The van der Waals surface area contributed by atoms with Gasteiger partial charge >= 0.3 is 0 Å². The molecule has 0 bridgehead atoms. The highest BCUT2D eigenvalue weighted by Crippen LogP contribution is 2.30. The highest BCUT2D eigenvalue weighted by atomic mass is 15.3. The van der Waals surface area contributed by atoms with Crippen molar-refractivity contribution in [1.82, 2.24) is 30.1 Å². The molecule has 7 heteroatoms. The predicted octanol–water partition coefficient (Wildman–Crippen LogP) is 4.77. The third-order valence-corrected chi connectivity index (χ3v) is 6.37. The molecule has 0 spiro atoms. The summed E-state index contributed by atoms with van der Waals surface area (Å²) in [6, 6.07) is 20.4. The van der Waals surface area contributed by atoms with Crippen LogP contribution in [0.25, 0.3) is 22.4 Å². The number of H-pyrrole nitrogens is 1. The van der Waals surface area contributed by atoms with E-state index in [0.717, 1.165) is 59.7 Å². The third kappa shape index (κ3) is 4.53. The number of rotatable bonds is 5. The number of hydrogen-bond donors (Lipinski definition) is 1. The van der Waals surface area contributed by atoms with Gasteiger partial charge in [-0.15, -0.1) is 0 Å². The van der Waals surface area contributed by atoms with Crippen LogP contribution < -0.4 is 4.90 Å². The van der Waals surface area contributed by atoms with E-state index >= 15 is 0 Å². The number of hydrogen-bond acceptors (Lipinski definition) is 6. The molecule has 5 aromatic rings. The highest BCUT2D eigenvalue weighted by molar-refractivity contribution is 5.79. The summed E-state index contributed by atoms with van der Waals surface area (Å²) in [7, 11) is 0. The van der Waals surface area contributed by atoms with Crippen LogP contribution >= 0.6 is 0 Å². The van der Waals surface area contributed by atoms with E-state index in [-0.39, 0.29) is 0 Å². The first-order chi connectivity index (χ1) is 17.7. The van der Waals surface area contributed by atoms with Crippen molar-refractivity contribution >= 4 is 16.9 Å². The summed E-state index contributed by atoms with van der Waals surface area (Å²) >= 11 is 0. The van der Waals surface area contributed by atoms with Crippen LogP contribution in [0, 0.1) is 11.8 Å². The first-order valence-electron chi connectivity index (χ1n) is 12.2. The zero-order valence-corrected chi connectivity index (χ0v) is 20.0. The van der Waals surface area contributed by atoms with E-state index in [2.05, 4.69) is 69.2 Å². The van der Waals surface area contributed by atoms with Crippen LogP contribution in [0.2, 0.25) is 0 Å². The van der Waals surface area contributed by atoms with Gasteiger partial charge in [-0.1, -0.05) is 49.6 Å². The summed E-state index contributed by atoms with van der Waals surface area (Å²) < 4.78 is 0. The molecule has 3 aromatic heterocycles. The van der Waals surface area contributed by atoms with E-state index in [0.29, 0.717) is 17.4 Å². The second-order valence-electron chi connectivity index (χ2n) is 8.99. The van der Waals surface area contributed by atoms with Gasteiger partial charge in [0.15, 0.2) is 5.82 Å². The summed E-state index contributed by atoms with van der Waals surface area (Å²) in [6.07, 6.45) is 5.43. The lowest BCUT2D eigenvalue weighted by Crippen LogP contribution is -2.46. The maximum Gasteiger partial charge on any atom is 0.226 e. The Balaban J connectivity index is 1.26. The molecule has 0 aliphatic carbocycles. The summed E-state index contributed by atoms with van der Waals surface area (Å²) in [5, 5.41) is 8.05. The summed E-state index contributed by atoms with van der Waals surface area (Å²) in [4.78, 5) is 21.1. The molecule has 6 rings (SSSR count). The molecule has 1 N–H and O–H groups in total. The van der Waals surface area contributed by atoms with Gasteiger partial charge in [-0.2, -0.15) is 5.10 Å². The van der Waals surface area contributed by atoms with Gasteiger partial charge in [-0.3, -0.25) is 5.10 Å². The first-order valence-corrected chi connectivity index (χ1v) is 12.2. The smallest absolute Gasteiger partial charge is 0.226 e. The molecule has 2 aromatic carbocycles. The van der Waals surface area contributed by atoms with E-state index in [4.69, 9.17) is 15.0 Å². The lowest BCUT2D eigenvalue weighted by atomic mass is 9.92. The monoisotopic (exact) mass is 471 g/mol. The highest BCUT2D eigenvalue weighted by Gasteiger charge is 2.30. The zero-order chi connectivity index (χ0) is 24.3. The average Bonchev–Trinajstić information content (AvgIpc) is 3.36. The minimum Gasteiger partial charge on any atom is -0.339 e. The van der Waals surface area contributed by atoms with E-state index in [1.807, 2.05) is 30.3 Å². The molecule has 1 aliphatic heterocycles. The van der Waals surface area contributed by atoms with Crippen LogP contribution in [0.3, 0.4) is 0 Å². The Labute approximate surface area is 209 Å². The van der Waals surface area contributed by atoms with Crippen molar-refractivity contribution in [2.24, 2.45) is 0 Å². The number of aromatic amines is 1. The second kappa shape index (κ2) is 9.59. The van der Waals surface area contributed by atoms with Crippen molar-refractivity contribution in [3.63, 3.8) is 0 Å². The molecule has 0 radical (unpaired) electrons. The minimum absolute atomic E-state index is 0.504. The normalized spacial score (nSPS) is 13.3. The van der Waals surface area contributed by atoms with Gasteiger partial charge in [0.2, 0.25) is 5.95 Å². The number of fused-ring (bicyclic) bond motifs is 1. The van der Waals surface area contributed by atoms with Gasteiger partial charge in [-0.25, -0.2) is 19.9 Å². The molecule has 36 heavy (non-hydrogen) atoms.